The van der Waals surface area contributed by atoms with Crippen molar-refractivity contribution in [2.75, 3.05) is 0 Å². The van der Waals surface area contributed by atoms with Crippen molar-refractivity contribution in [1.82, 2.24) is 0 Å². The van der Waals surface area contributed by atoms with Gasteiger partial charge in [0.15, 0.2) is 0 Å². The Morgan fingerprint density at radius 1 is 1.09 bits per heavy atom. The van der Waals surface area contributed by atoms with Gasteiger partial charge >= 0.3 is 53.0 Å². The Morgan fingerprint density at radius 3 is 2.30 bits per heavy atom. The predicted molar refractivity (Wildman–Crippen MR) is 143 cm³/mol. The molecule has 3 aliphatic carbocycles. The zero-order valence-electron chi connectivity index (χ0n) is 24.5. The molecule has 1 saturated carbocycles. The number of allylic oxidation sites excluding steroid dienone is 4. The molecule has 0 aromatic heterocycles. The first-order valence-electron chi connectivity index (χ1n) is 14.2. The predicted octanol–water partition coefficient (Wildman–Crippen LogP) is 2.80. The normalized spacial score (nSPS) is 33.1. The second-order valence-electron chi connectivity index (χ2n) is 12.8. The molecule has 3 N–H and O–H groups in total. The lowest BCUT2D eigenvalue weighted by atomic mass is 9.47. The second-order valence-corrected chi connectivity index (χ2v) is 12.8. The first kappa shape index (κ1) is 31.9. The summed E-state index contributed by atoms with van der Waals surface area (Å²) in [5.74, 6) is -12.6. The van der Waals surface area contributed by atoms with Crippen LogP contribution in [0.4, 0.5) is 0 Å². The number of aliphatic carboxylic acids is 3. The molecule has 13 nitrogen and oxygen atoms in total. The van der Waals surface area contributed by atoms with Crippen LogP contribution in [0.25, 0.3) is 0 Å². The highest BCUT2D eigenvalue weighted by Gasteiger charge is 2.66. The minimum Gasteiger partial charge on any atom is -0.481 e. The van der Waals surface area contributed by atoms with E-state index < -0.39 is 76.7 Å². The summed E-state index contributed by atoms with van der Waals surface area (Å²) in [4.78, 5) is 87.5. The Hall–Kier alpha value is -4.03. The highest BCUT2D eigenvalue weighted by Crippen LogP contribution is 2.62. The summed E-state index contributed by atoms with van der Waals surface area (Å²) >= 11 is 0. The van der Waals surface area contributed by atoms with E-state index in [1.165, 1.54) is 11.1 Å². The fourth-order valence-corrected chi connectivity index (χ4v) is 7.46. The highest BCUT2D eigenvalue weighted by atomic mass is 16.7. The number of hydrogen-bond acceptors (Lipinski definition) is 10. The van der Waals surface area contributed by atoms with Crippen LogP contribution in [-0.2, 0) is 47.8 Å². The Bertz CT molecular complexity index is 1360. The third kappa shape index (κ3) is 5.12. The third-order valence-electron chi connectivity index (χ3n) is 9.93. The summed E-state index contributed by atoms with van der Waals surface area (Å²) in [6.45, 7) is 7.95. The average Bonchev–Trinajstić information content (AvgIpc) is 3.20. The first-order valence-corrected chi connectivity index (χ1v) is 14.2. The van der Waals surface area contributed by atoms with Crippen molar-refractivity contribution >= 4 is 41.8 Å². The molecule has 43 heavy (non-hydrogen) atoms. The highest BCUT2D eigenvalue weighted by molar-refractivity contribution is 6.16. The van der Waals surface area contributed by atoms with Crippen LogP contribution >= 0.6 is 0 Å². The van der Waals surface area contributed by atoms with Crippen molar-refractivity contribution in [2.45, 2.75) is 90.3 Å². The number of carbonyl (C=O) groups is 7. The maximum atomic E-state index is 14.0. The molecule has 0 aromatic rings. The number of ether oxygens (including phenoxy) is 3. The van der Waals surface area contributed by atoms with Crippen LogP contribution in [0.15, 0.2) is 23.3 Å². The lowest BCUT2D eigenvalue weighted by Crippen LogP contribution is -2.60. The zero-order valence-corrected chi connectivity index (χ0v) is 24.5. The number of hydrogen-bond donors (Lipinski definition) is 3. The van der Waals surface area contributed by atoms with E-state index in [0.29, 0.717) is 18.8 Å². The van der Waals surface area contributed by atoms with E-state index in [9.17, 15) is 48.9 Å². The molecule has 4 aliphatic rings. The molecule has 0 amide bonds. The Morgan fingerprint density at radius 2 is 1.77 bits per heavy atom. The molecule has 0 spiro atoms. The molecule has 1 aliphatic heterocycles. The van der Waals surface area contributed by atoms with E-state index in [1.54, 1.807) is 6.92 Å². The van der Waals surface area contributed by atoms with Crippen molar-refractivity contribution in [2.24, 2.45) is 28.6 Å². The molecule has 1 saturated heterocycles. The van der Waals surface area contributed by atoms with E-state index >= 15 is 0 Å². The average molecular weight is 605 g/mol. The Kier molecular flexibility index (Phi) is 8.09. The number of carbonyl (C=O) groups excluding carboxylic acids is 4. The maximum Gasteiger partial charge on any atom is 0.370 e. The number of cyclic esters (lactones) is 2. The molecular weight excluding hydrogens is 568 g/mol. The van der Waals surface area contributed by atoms with Crippen molar-refractivity contribution in [3.05, 3.63) is 23.3 Å². The molecule has 6 atom stereocenters. The summed E-state index contributed by atoms with van der Waals surface area (Å²) in [6, 6.07) is 0. The summed E-state index contributed by atoms with van der Waals surface area (Å²) in [7, 11) is 0. The van der Waals surface area contributed by atoms with Crippen LogP contribution in [0.3, 0.4) is 0 Å². The van der Waals surface area contributed by atoms with Gasteiger partial charge in [0.2, 0.25) is 0 Å². The fraction of sp³-hybridized carbons (Fsp3) is 0.633. The summed E-state index contributed by atoms with van der Waals surface area (Å²) in [6.07, 6.45) is 5.20. The van der Waals surface area contributed by atoms with Crippen molar-refractivity contribution in [1.29, 1.82) is 0 Å². The summed E-state index contributed by atoms with van der Waals surface area (Å²) < 4.78 is 14.3. The maximum absolute atomic E-state index is 14.0. The van der Waals surface area contributed by atoms with Gasteiger partial charge in [-0.15, -0.1) is 0 Å². The molecule has 13 heteroatoms. The number of carboxylic acids is 3. The van der Waals surface area contributed by atoms with Crippen molar-refractivity contribution < 1.29 is 63.1 Å². The molecule has 6 unspecified atom stereocenters. The van der Waals surface area contributed by atoms with Crippen LogP contribution in [0.5, 0.6) is 0 Å². The first-order chi connectivity index (χ1) is 19.9. The Balaban J connectivity index is 1.71. The molecule has 4 rings (SSSR count). The number of fused-ring (bicyclic) bond motifs is 3. The van der Waals surface area contributed by atoms with E-state index in [2.05, 4.69) is 37.7 Å². The molecule has 1 heterocycles. The third-order valence-corrected chi connectivity index (χ3v) is 9.93. The van der Waals surface area contributed by atoms with Gasteiger partial charge in [0.05, 0.1) is 5.41 Å². The number of rotatable bonds is 9. The lowest BCUT2D eigenvalue weighted by molar-refractivity contribution is -0.215. The second kappa shape index (κ2) is 10.9. The Labute approximate surface area is 247 Å². The molecule has 0 aromatic carbocycles. The van der Waals surface area contributed by atoms with Crippen molar-refractivity contribution in [3.8, 4) is 0 Å². The van der Waals surface area contributed by atoms with Crippen molar-refractivity contribution in [3.63, 3.8) is 0 Å². The van der Waals surface area contributed by atoms with E-state index in [4.69, 9.17) is 9.47 Å². The van der Waals surface area contributed by atoms with E-state index in [0.717, 1.165) is 19.3 Å². The fourth-order valence-electron chi connectivity index (χ4n) is 7.46. The van der Waals surface area contributed by atoms with Crippen LogP contribution < -0.4 is 0 Å². The monoisotopic (exact) mass is 604 g/mol. The summed E-state index contributed by atoms with van der Waals surface area (Å²) in [5.41, 5.74) is -6.06. The minimum absolute atomic E-state index is 0.121. The SMILES string of the molecule is CC(C)C1=CC2=CCC3C(C)(C(=O)OC(CC(=O)O)(C(=O)O)C(=O)OC4(C(=O)O)CC(=O)OC4=O)CCCC3(C)C2CC1. The molecule has 0 radical (unpaired) electrons. The topological polar surface area (TPSA) is 208 Å². The van der Waals surface area contributed by atoms with E-state index in [-0.39, 0.29) is 18.3 Å². The molecule has 0 bridgehead atoms. The largest absolute Gasteiger partial charge is 0.481 e. The van der Waals surface area contributed by atoms with Crippen LogP contribution in [-0.4, -0.2) is 68.3 Å². The van der Waals surface area contributed by atoms with Gasteiger partial charge in [-0.3, -0.25) is 14.4 Å². The quantitative estimate of drug-likeness (QED) is 0.197. The number of carboxylic acid groups (broad SMARTS) is 3. The zero-order chi connectivity index (χ0) is 32.1. The van der Waals surface area contributed by atoms with Gasteiger partial charge in [0, 0.05) is 0 Å². The van der Waals surface area contributed by atoms with Crippen LogP contribution in [0, 0.1) is 28.6 Å². The standard InChI is InChI=1S/C30H36O13/c1-15(2)16-6-8-18-17(12-16)7-9-19-27(18,3)10-5-11-28(19,4)24(38)42-29(22(34)35,13-20(31)32)26(40)43-30(23(36)37)14-21(33)41-25(30)39/h7,12,15,18-19H,5-6,8-11,13-14H2,1-4H3,(H,31,32)(H,34,35)(H,36,37). The van der Waals surface area contributed by atoms with Gasteiger partial charge in [0.25, 0.3) is 0 Å². The van der Waals surface area contributed by atoms with Crippen LogP contribution in [0.1, 0.15) is 79.1 Å². The lowest BCUT2D eigenvalue weighted by Gasteiger charge is -2.57. The molecule has 234 valence electrons. The van der Waals surface area contributed by atoms with E-state index in [1.807, 2.05) is 0 Å². The van der Waals surface area contributed by atoms with Crippen LogP contribution in [0.2, 0.25) is 0 Å². The van der Waals surface area contributed by atoms with Gasteiger partial charge in [-0.2, -0.15) is 0 Å². The molecule has 2 fully saturated rings. The van der Waals surface area contributed by atoms with Gasteiger partial charge < -0.3 is 29.5 Å². The minimum atomic E-state index is -3.57. The van der Waals surface area contributed by atoms with Gasteiger partial charge in [-0.1, -0.05) is 44.9 Å². The molecular formula is C30H36O13. The van der Waals surface area contributed by atoms with Gasteiger partial charge in [0.1, 0.15) is 12.8 Å². The van der Waals surface area contributed by atoms with Gasteiger partial charge in [-0.05, 0) is 67.8 Å². The number of esters is 4. The smallest absolute Gasteiger partial charge is 0.370 e. The van der Waals surface area contributed by atoms with Gasteiger partial charge in [-0.25, -0.2) is 19.2 Å². The summed E-state index contributed by atoms with van der Waals surface area (Å²) in [5, 5.41) is 29.3.